The minimum absolute atomic E-state index is 0.190. The summed E-state index contributed by atoms with van der Waals surface area (Å²) in [6, 6.07) is 17.1. The summed E-state index contributed by atoms with van der Waals surface area (Å²) in [5.41, 5.74) is 4.03. The number of rotatable bonds is 4. The lowest BCUT2D eigenvalue weighted by atomic mass is 10.0. The summed E-state index contributed by atoms with van der Waals surface area (Å²) in [5, 5.41) is 4.97. The molecule has 0 atom stereocenters. The Morgan fingerprint density at radius 3 is 2.70 bits per heavy atom. The van der Waals surface area contributed by atoms with Crippen LogP contribution < -0.4 is 15.5 Å². The second-order valence-corrected chi connectivity index (χ2v) is 8.64. The SMILES string of the molecule is Cc1cc2nn(CC(=O)N(C)c3cccc(Cl)c3)c(=O)n2c(N2CCc3ccccc3C2)n1. The first-order valence-corrected chi connectivity index (χ1v) is 11.1. The summed E-state index contributed by atoms with van der Waals surface area (Å²) >= 11 is 6.05. The Balaban J connectivity index is 1.48. The van der Waals surface area contributed by atoms with E-state index in [1.807, 2.05) is 19.1 Å². The zero-order valence-corrected chi connectivity index (χ0v) is 19.2. The van der Waals surface area contributed by atoms with E-state index in [2.05, 4.69) is 27.1 Å². The lowest BCUT2D eigenvalue weighted by molar-refractivity contribution is -0.119. The van der Waals surface area contributed by atoms with Crippen LogP contribution in [0.2, 0.25) is 5.02 Å². The second-order valence-electron chi connectivity index (χ2n) is 8.20. The average Bonchev–Trinajstić information content (AvgIpc) is 3.12. The van der Waals surface area contributed by atoms with Crippen molar-refractivity contribution >= 4 is 34.8 Å². The molecule has 168 valence electrons. The maximum absolute atomic E-state index is 13.3. The maximum atomic E-state index is 13.3. The van der Waals surface area contributed by atoms with Gasteiger partial charge in [-0.1, -0.05) is 41.9 Å². The van der Waals surface area contributed by atoms with Gasteiger partial charge in [0.2, 0.25) is 11.9 Å². The molecule has 3 heterocycles. The van der Waals surface area contributed by atoms with Crippen LogP contribution in [0.1, 0.15) is 16.8 Å². The molecule has 0 N–H and O–H groups in total. The predicted octanol–water partition coefficient (Wildman–Crippen LogP) is 3.08. The lowest BCUT2D eigenvalue weighted by Crippen LogP contribution is -2.36. The molecule has 0 spiro atoms. The van der Waals surface area contributed by atoms with Gasteiger partial charge < -0.3 is 9.80 Å². The van der Waals surface area contributed by atoms with Gasteiger partial charge in [-0.3, -0.25) is 4.79 Å². The number of carbonyl (C=O) groups excluding carboxylic acids is 1. The topological polar surface area (TPSA) is 75.7 Å². The Morgan fingerprint density at radius 1 is 1.12 bits per heavy atom. The van der Waals surface area contributed by atoms with Crippen LogP contribution in [-0.2, 0) is 24.3 Å². The van der Waals surface area contributed by atoms with Gasteiger partial charge in [0.1, 0.15) is 6.54 Å². The molecule has 0 saturated carbocycles. The first-order chi connectivity index (χ1) is 15.9. The summed E-state index contributed by atoms with van der Waals surface area (Å²) < 4.78 is 2.69. The summed E-state index contributed by atoms with van der Waals surface area (Å²) in [5.74, 6) is 0.271. The minimum Gasteiger partial charge on any atom is -0.337 e. The number of fused-ring (bicyclic) bond motifs is 2. The molecule has 9 heteroatoms. The Kier molecular flexibility index (Phi) is 5.38. The molecule has 0 fully saturated rings. The van der Waals surface area contributed by atoms with Gasteiger partial charge in [0.05, 0.1) is 0 Å². The van der Waals surface area contributed by atoms with Crippen molar-refractivity contribution in [2.45, 2.75) is 26.4 Å². The second kappa shape index (κ2) is 8.37. The number of likely N-dealkylation sites (N-methyl/N-ethyl adjacent to an activating group) is 1. The molecule has 1 aliphatic rings. The predicted molar refractivity (Wildman–Crippen MR) is 128 cm³/mol. The van der Waals surface area contributed by atoms with Crippen LogP contribution in [0.4, 0.5) is 11.6 Å². The van der Waals surface area contributed by atoms with Crippen molar-refractivity contribution in [2.75, 3.05) is 23.4 Å². The fraction of sp³-hybridized carbons (Fsp3) is 0.250. The molecule has 5 rings (SSSR count). The first-order valence-electron chi connectivity index (χ1n) is 10.7. The van der Waals surface area contributed by atoms with Crippen LogP contribution in [0.3, 0.4) is 0 Å². The molecule has 33 heavy (non-hydrogen) atoms. The highest BCUT2D eigenvalue weighted by atomic mass is 35.5. The zero-order chi connectivity index (χ0) is 23.1. The molecule has 2 aromatic heterocycles. The average molecular weight is 463 g/mol. The monoisotopic (exact) mass is 462 g/mol. The van der Waals surface area contributed by atoms with Crippen LogP contribution in [-0.4, -0.2) is 38.7 Å². The van der Waals surface area contributed by atoms with Gasteiger partial charge in [-0.15, -0.1) is 5.10 Å². The van der Waals surface area contributed by atoms with E-state index < -0.39 is 0 Å². The van der Waals surface area contributed by atoms with Crippen molar-refractivity contribution in [3.05, 3.63) is 86.9 Å². The summed E-state index contributed by atoms with van der Waals surface area (Å²) in [4.78, 5) is 34.4. The third kappa shape index (κ3) is 3.98. The van der Waals surface area contributed by atoms with Gasteiger partial charge in [-0.05, 0) is 42.7 Å². The molecular formula is C24H23ClN6O2. The first kappa shape index (κ1) is 21.2. The highest BCUT2D eigenvalue weighted by molar-refractivity contribution is 6.30. The Labute approximate surface area is 195 Å². The normalized spacial score (nSPS) is 13.2. The lowest BCUT2D eigenvalue weighted by Gasteiger charge is -2.29. The number of carbonyl (C=O) groups is 1. The number of nitrogens with zero attached hydrogens (tertiary/aromatic N) is 6. The quantitative estimate of drug-likeness (QED) is 0.466. The summed E-state index contributed by atoms with van der Waals surface area (Å²) in [6.45, 7) is 3.10. The maximum Gasteiger partial charge on any atom is 0.353 e. The number of halogens is 1. The Morgan fingerprint density at radius 2 is 1.91 bits per heavy atom. The molecule has 1 amide bonds. The molecule has 4 aromatic rings. The van der Waals surface area contributed by atoms with E-state index in [1.54, 1.807) is 37.4 Å². The van der Waals surface area contributed by atoms with Crippen LogP contribution in [0.5, 0.6) is 0 Å². The summed E-state index contributed by atoms with van der Waals surface area (Å²) in [7, 11) is 1.65. The Hall–Kier alpha value is -3.65. The van der Waals surface area contributed by atoms with E-state index in [-0.39, 0.29) is 18.1 Å². The highest BCUT2D eigenvalue weighted by Crippen LogP contribution is 2.23. The van der Waals surface area contributed by atoms with E-state index in [1.165, 1.54) is 25.1 Å². The number of aryl methyl sites for hydroxylation is 1. The molecular weight excluding hydrogens is 440 g/mol. The van der Waals surface area contributed by atoms with Crippen molar-refractivity contribution in [3.8, 4) is 0 Å². The molecule has 2 aromatic carbocycles. The van der Waals surface area contributed by atoms with Crippen molar-refractivity contribution in [1.82, 2.24) is 19.2 Å². The van der Waals surface area contributed by atoms with E-state index in [4.69, 9.17) is 11.6 Å². The smallest absolute Gasteiger partial charge is 0.337 e. The molecule has 0 bridgehead atoms. The zero-order valence-electron chi connectivity index (χ0n) is 18.4. The highest BCUT2D eigenvalue weighted by Gasteiger charge is 2.23. The van der Waals surface area contributed by atoms with Gasteiger partial charge in [0.15, 0.2) is 5.65 Å². The van der Waals surface area contributed by atoms with Crippen molar-refractivity contribution in [2.24, 2.45) is 0 Å². The minimum atomic E-state index is -0.390. The van der Waals surface area contributed by atoms with E-state index >= 15 is 0 Å². The molecule has 8 nitrogen and oxygen atoms in total. The third-order valence-corrected chi connectivity index (χ3v) is 6.18. The van der Waals surface area contributed by atoms with E-state index in [0.29, 0.717) is 28.9 Å². The molecule has 0 unspecified atom stereocenters. The molecule has 1 aliphatic heterocycles. The fourth-order valence-corrected chi connectivity index (χ4v) is 4.36. The van der Waals surface area contributed by atoms with E-state index in [9.17, 15) is 9.59 Å². The van der Waals surface area contributed by atoms with E-state index in [0.717, 1.165) is 18.7 Å². The number of aromatic nitrogens is 4. The number of hydrogen-bond donors (Lipinski definition) is 0. The molecule has 0 radical (unpaired) electrons. The van der Waals surface area contributed by atoms with Crippen LogP contribution >= 0.6 is 11.6 Å². The number of benzene rings is 2. The number of anilines is 2. The molecule has 0 aliphatic carbocycles. The standard InChI is InChI=1S/C24H23ClN6O2/c1-16-12-21-27-30(15-22(32)28(2)20-9-5-8-19(25)13-20)24(33)31(21)23(26-16)29-11-10-17-6-3-4-7-18(17)14-29/h3-9,12-13H,10-11,14-15H2,1-2H3. The van der Waals surface area contributed by atoms with Crippen molar-refractivity contribution < 1.29 is 4.79 Å². The fourth-order valence-electron chi connectivity index (χ4n) is 4.18. The summed E-state index contributed by atoms with van der Waals surface area (Å²) in [6.07, 6.45) is 0.874. The number of amides is 1. The van der Waals surface area contributed by atoms with Crippen LogP contribution in [0, 0.1) is 6.92 Å². The molecule has 0 saturated heterocycles. The van der Waals surface area contributed by atoms with Crippen molar-refractivity contribution in [1.29, 1.82) is 0 Å². The van der Waals surface area contributed by atoms with Crippen LogP contribution in [0.15, 0.2) is 59.4 Å². The van der Waals surface area contributed by atoms with Crippen LogP contribution in [0.25, 0.3) is 5.65 Å². The Bertz CT molecular complexity index is 1430. The van der Waals surface area contributed by atoms with Gasteiger partial charge in [-0.25, -0.2) is 18.9 Å². The van der Waals surface area contributed by atoms with Gasteiger partial charge in [0, 0.05) is 42.6 Å². The van der Waals surface area contributed by atoms with Gasteiger partial charge >= 0.3 is 5.69 Å². The van der Waals surface area contributed by atoms with Gasteiger partial charge in [-0.2, -0.15) is 0 Å². The van der Waals surface area contributed by atoms with Gasteiger partial charge in [0.25, 0.3) is 0 Å². The number of hydrogen-bond acceptors (Lipinski definition) is 5. The largest absolute Gasteiger partial charge is 0.353 e. The van der Waals surface area contributed by atoms with Crippen molar-refractivity contribution in [3.63, 3.8) is 0 Å². The third-order valence-electron chi connectivity index (χ3n) is 5.95.